The SMILES string of the molecule is COCCOc1ccc(Oc2cc(C(F)(F)F)ccc2C(C)=O)cc1. The lowest BCUT2D eigenvalue weighted by molar-refractivity contribution is -0.137. The Morgan fingerprint density at radius 1 is 1.00 bits per heavy atom. The van der Waals surface area contributed by atoms with Crippen molar-refractivity contribution in [3.05, 3.63) is 53.6 Å². The number of methoxy groups -OCH3 is 1. The van der Waals surface area contributed by atoms with Gasteiger partial charge in [0.2, 0.25) is 0 Å². The van der Waals surface area contributed by atoms with Gasteiger partial charge >= 0.3 is 6.18 Å². The quantitative estimate of drug-likeness (QED) is 0.533. The second-order valence-electron chi connectivity index (χ2n) is 5.18. The average Bonchev–Trinajstić information content (AvgIpc) is 2.55. The Balaban J connectivity index is 2.21. The molecule has 0 aromatic heterocycles. The number of carbonyl (C=O) groups excluding carboxylic acids is 1. The molecule has 2 aromatic rings. The van der Waals surface area contributed by atoms with E-state index in [0.717, 1.165) is 18.2 Å². The molecule has 2 rings (SSSR count). The number of hydrogen-bond acceptors (Lipinski definition) is 4. The zero-order valence-corrected chi connectivity index (χ0v) is 13.7. The monoisotopic (exact) mass is 354 g/mol. The van der Waals surface area contributed by atoms with Gasteiger partial charge in [-0.25, -0.2) is 0 Å². The van der Waals surface area contributed by atoms with Crippen molar-refractivity contribution in [3.63, 3.8) is 0 Å². The number of alkyl halides is 3. The maximum absolute atomic E-state index is 12.9. The van der Waals surface area contributed by atoms with Crippen molar-refractivity contribution in [1.82, 2.24) is 0 Å². The first-order valence-corrected chi connectivity index (χ1v) is 7.43. The van der Waals surface area contributed by atoms with Gasteiger partial charge in [-0.3, -0.25) is 4.79 Å². The average molecular weight is 354 g/mol. The lowest BCUT2D eigenvalue weighted by Crippen LogP contribution is -2.07. The van der Waals surface area contributed by atoms with Crippen LogP contribution in [0.15, 0.2) is 42.5 Å². The summed E-state index contributed by atoms with van der Waals surface area (Å²) in [6.07, 6.45) is -4.52. The molecule has 0 fully saturated rings. The Hall–Kier alpha value is -2.54. The van der Waals surface area contributed by atoms with E-state index in [1.807, 2.05) is 0 Å². The largest absolute Gasteiger partial charge is 0.491 e. The van der Waals surface area contributed by atoms with Gasteiger partial charge in [0.15, 0.2) is 5.78 Å². The van der Waals surface area contributed by atoms with Crippen molar-refractivity contribution < 1.29 is 32.2 Å². The molecule has 7 heteroatoms. The molecule has 0 bridgehead atoms. The second kappa shape index (κ2) is 8.02. The fourth-order valence-corrected chi connectivity index (χ4v) is 2.05. The summed E-state index contributed by atoms with van der Waals surface area (Å²) < 4.78 is 54.4. The van der Waals surface area contributed by atoms with Gasteiger partial charge in [0.05, 0.1) is 17.7 Å². The number of rotatable bonds is 7. The summed E-state index contributed by atoms with van der Waals surface area (Å²) in [6, 6.07) is 9.12. The van der Waals surface area contributed by atoms with E-state index in [0.29, 0.717) is 24.7 Å². The summed E-state index contributed by atoms with van der Waals surface area (Å²) in [7, 11) is 1.56. The molecule has 0 aliphatic heterocycles. The summed E-state index contributed by atoms with van der Waals surface area (Å²) in [5.41, 5.74) is -0.805. The first-order chi connectivity index (χ1) is 11.8. The van der Waals surface area contributed by atoms with Gasteiger partial charge in [-0.05, 0) is 49.4 Å². The minimum atomic E-state index is -4.52. The third-order valence-corrected chi connectivity index (χ3v) is 3.30. The minimum absolute atomic E-state index is 0.0772. The first-order valence-electron chi connectivity index (χ1n) is 7.43. The van der Waals surface area contributed by atoms with Crippen LogP contribution in [0.25, 0.3) is 0 Å². The molecule has 134 valence electrons. The van der Waals surface area contributed by atoms with Crippen LogP contribution in [0.4, 0.5) is 13.2 Å². The molecule has 0 amide bonds. The lowest BCUT2D eigenvalue weighted by atomic mass is 10.1. The van der Waals surface area contributed by atoms with Crippen LogP contribution in [0.1, 0.15) is 22.8 Å². The summed E-state index contributed by atoms with van der Waals surface area (Å²) in [5.74, 6) is 0.333. The highest BCUT2D eigenvalue weighted by molar-refractivity contribution is 5.97. The van der Waals surface area contributed by atoms with E-state index in [1.54, 1.807) is 31.4 Å². The topological polar surface area (TPSA) is 44.8 Å². The maximum atomic E-state index is 12.9. The molecule has 0 N–H and O–H groups in total. The van der Waals surface area contributed by atoms with Crippen molar-refractivity contribution >= 4 is 5.78 Å². The molecule has 0 atom stereocenters. The fraction of sp³-hybridized carbons (Fsp3) is 0.278. The van der Waals surface area contributed by atoms with Gasteiger partial charge in [-0.1, -0.05) is 0 Å². The molecule has 0 radical (unpaired) electrons. The molecule has 0 aliphatic carbocycles. The summed E-state index contributed by atoms with van der Waals surface area (Å²) in [4.78, 5) is 11.6. The number of halogens is 3. The van der Waals surface area contributed by atoms with Crippen molar-refractivity contribution in [2.45, 2.75) is 13.1 Å². The van der Waals surface area contributed by atoms with Crippen molar-refractivity contribution in [2.75, 3.05) is 20.3 Å². The summed E-state index contributed by atoms with van der Waals surface area (Å²) in [6.45, 7) is 2.07. The predicted octanol–water partition coefficient (Wildman–Crippen LogP) is 4.73. The highest BCUT2D eigenvalue weighted by atomic mass is 19.4. The second-order valence-corrected chi connectivity index (χ2v) is 5.18. The molecule has 0 aliphatic rings. The van der Waals surface area contributed by atoms with Gasteiger partial charge in [-0.15, -0.1) is 0 Å². The third kappa shape index (κ3) is 5.22. The van der Waals surface area contributed by atoms with Crippen LogP contribution in [0.5, 0.6) is 17.2 Å². The number of carbonyl (C=O) groups is 1. The number of Topliss-reactive ketones (excluding diaryl/α,β-unsaturated/α-hetero) is 1. The maximum Gasteiger partial charge on any atom is 0.416 e. The van der Waals surface area contributed by atoms with E-state index >= 15 is 0 Å². The minimum Gasteiger partial charge on any atom is -0.491 e. The molecule has 0 unspecified atom stereocenters. The summed E-state index contributed by atoms with van der Waals surface area (Å²) in [5, 5.41) is 0. The van der Waals surface area contributed by atoms with Crippen LogP contribution in [-0.2, 0) is 10.9 Å². The lowest BCUT2D eigenvalue weighted by Gasteiger charge is -2.13. The molecule has 25 heavy (non-hydrogen) atoms. The fourth-order valence-electron chi connectivity index (χ4n) is 2.05. The zero-order chi connectivity index (χ0) is 18.4. The number of hydrogen-bond donors (Lipinski definition) is 0. The number of ketones is 1. The Bertz CT molecular complexity index is 724. The normalized spacial score (nSPS) is 11.2. The Morgan fingerprint density at radius 3 is 2.20 bits per heavy atom. The van der Waals surface area contributed by atoms with E-state index in [-0.39, 0.29) is 17.1 Å². The van der Waals surface area contributed by atoms with E-state index in [9.17, 15) is 18.0 Å². The van der Waals surface area contributed by atoms with E-state index in [4.69, 9.17) is 14.2 Å². The van der Waals surface area contributed by atoms with Crippen LogP contribution < -0.4 is 9.47 Å². The molecule has 0 spiro atoms. The van der Waals surface area contributed by atoms with Crippen LogP contribution in [0, 0.1) is 0 Å². The zero-order valence-electron chi connectivity index (χ0n) is 13.7. The van der Waals surface area contributed by atoms with Crippen LogP contribution in [-0.4, -0.2) is 26.1 Å². The highest BCUT2D eigenvalue weighted by Gasteiger charge is 2.31. The molecule has 0 saturated carbocycles. The predicted molar refractivity (Wildman–Crippen MR) is 85.3 cm³/mol. The molecule has 4 nitrogen and oxygen atoms in total. The van der Waals surface area contributed by atoms with E-state index in [2.05, 4.69) is 0 Å². The first kappa shape index (κ1) is 18.8. The van der Waals surface area contributed by atoms with E-state index < -0.39 is 11.7 Å². The van der Waals surface area contributed by atoms with Crippen molar-refractivity contribution in [3.8, 4) is 17.2 Å². The molecular weight excluding hydrogens is 337 g/mol. The van der Waals surface area contributed by atoms with Gasteiger partial charge in [0, 0.05) is 7.11 Å². The third-order valence-electron chi connectivity index (χ3n) is 3.30. The Labute approximate surface area is 143 Å². The van der Waals surface area contributed by atoms with Gasteiger partial charge in [-0.2, -0.15) is 13.2 Å². The molecule has 2 aromatic carbocycles. The highest BCUT2D eigenvalue weighted by Crippen LogP contribution is 2.35. The molecule has 0 saturated heterocycles. The smallest absolute Gasteiger partial charge is 0.416 e. The van der Waals surface area contributed by atoms with Crippen molar-refractivity contribution in [2.24, 2.45) is 0 Å². The van der Waals surface area contributed by atoms with Crippen LogP contribution in [0.3, 0.4) is 0 Å². The Kier molecular flexibility index (Phi) is 6.03. The van der Waals surface area contributed by atoms with Crippen molar-refractivity contribution in [1.29, 1.82) is 0 Å². The molecule has 0 heterocycles. The van der Waals surface area contributed by atoms with Crippen LogP contribution in [0.2, 0.25) is 0 Å². The van der Waals surface area contributed by atoms with Gasteiger partial charge in [0.25, 0.3) is 0 Å². The Morgan fingerprint density at radius 2 is 1.64 bits per heavy atom. The standard InChI is InChI=1S/C18H17F3O4/c1-12(22)16-8-3-13(18(19,20)21)11-17(16)25-15-6-4-14(5-7-15)24-10-9-23-2/h3-8,11H,9-10H2,1-2H3. The molecular formula is C18H17F3O4. The van der Waals surface area contributed by atoms with E-state index in [1.165, 1.54) is 6.92 Å². The van der Waals surface area contributed by atoms with Gasteiger partial charge in [0.1, 0.15) is 23.9 Å². The number of ether oxygens (including phenoxy) is 3. The number of benzene rings is 2. The summed E-state index contributed by atoms with van der Waals surface area (Å²) >= 11 is 0. The van der Waals surface area contributed by atoms with Crippen LogP contribution >= 0.6 is 0 Å². The van der Waals surface area contributed by atoms with Gasteiger partial charge < -0.3 is 14.2 Å².